The van der Waals surface area contributed by atoms with Crippen LogP contribution in [-0.4, -0.2) is 43.5 Å². The van der Waals surface area contributed by atoms with E-state index in [1.165, 1.54) is 0 Å². The van der Waals surface area contributed by atoms with Crippen LogP contribution in [0.3, 0.4) is 0 Å². The van der Waals surface area contributed by atoms with Crippen molar-refractivity contribution >= 4 is 43.5 Å². The Hall–Kier alpha value is 0.884. The van der Waals surface area contributed by atoms with Crippen LogP contribution in [0.1, 0.15) is 0 Å². The molecule has 5 nitrogen and oxygen atoms in total. The van der Waals surface area contributed by atoms with E-state index in [1.54, 1.807) is 0 Å². The molecule has 0 aromatic carbocycles. The summed E-state index contributed by atoms with van der Waals surface area (Å²) in [6.07, 6.45) is 0. The van der Waals surface area contributed by atoms with Gasteiger partial charge in [0.15, 0.2) is 0 Å². The highest BCUT2D eigenvalue weighted by atomic mass is 28.5. The quantitative estimate of drug-likeness (QED) is 0.625. The van der Waals surface area contributed by atoms with Crippen molar-refractivity contribution in [2.24, 2.45) is 0 Å². The minimum atomic E-state index is -2.23. The van der Waals surface area contributed by atoms with Crippen LogP contribution < -0.4 is 0 Å². The summed E-state index contributed by atoms with van der Waals surface area (Å²) in [6.45, 7) is 18.6. The Bertz CT molecular complexity index is 303. The molecule has 0 bridgehead atoms. The van der Waals surface area contributed by atoms with Crippen molar-refractivity contribution in [1.82, 2.24) is 0 Å². The molecule has 0 amide bonds. The molecule has 113 valence electrons. The first kappa shape index (κ1) is 17.9. The van der Waals surface area contributed by atoms with Crippen molar-refractivity contribution in [3.05, 3.63) is 0 Å². The Balaban J connectivity index is 3.03. The van der Waals surface area contributed by atoms with Gasteiger partial charge >= 0.3 is 43.5 Å². The van der Waals surface area contributed by atoms with Gasteiger partial charge in [-0.25, -0.2) is 0 Å². The summed E-state index contributed by atoms with van der Waals surface area (Å²) in [6, 6.07) is 0. The second-order valence-electron chi connectivity index (χ2n) is 6.60. The van der Waals surface area contributed by atoms with E-state index in [-0.39, 0.29) is 0 Å². The van der Waals surface area contributed by atoms with E-state index in [0.717, 1.165) is 0 Å². The van der Waals surface area contributed by atoms with Crippen LogP contribution in [0.15, 0.2) is 0 Å². The standard InChI is InChI=1S/C9H27O5Si5/c1-15-10-16(2,3)12-18(6,7)14-19(8,9)13-17(4,5)11-15/h1-9H3. The summed E-state index contributed by atoms with van der Waals surface area (Å²) < 4.78 is 30.9. The van der Waals surface area contributed by atoms with Gasteiger partial charge in [-0.1, -0.05) is 0 Å². The van der Waals surface area contributed by atoms with E-state index >= 15 is 0 Å². The Kier molecular flexibility index (Phi) is 5.27. The highest BCUT2D eigenvalue weighted by Gasteiger charge is 2.47. The highest BCUT2D eigenvalue weighted by molar-refractivity contribution is 6.90. The van der Waals surface area contributed by atoms with Gasteiger partial charge in [0.2, 0.25) is 0 Å². The molecule has 0 N–H and O–H groups in total. The summed E-state index contributed by atoms with van der Waals surface area (Å²) in [4.78, 5) is 0. The van der Waals surface area contributed by atoms with Crippen LogP contribution in [-0.2, 0) is 20.6 Å². The van der Waals surface area contributed by atoms with Crippen molar-refractivity contribution in [2.45, 2.75) is 58.9 Å². The van der Waals surface area contributed by atoms with Gasteiger partial charge < -0.3 is 20.6 Å². The third-order valence-electron chi connectivity index (χ3n) is 2.25. The van der Waals surface area contributed by atoms with Crippen molar-refractivity contribution in [1.29, 1.82) is 0 Å². The van der Waals surface area contributed by atoms with Gasteiger partial charge in [0.25, 0.3) is 0 Å². The minimum Gasteiger partial charge on any atom is -0.416 e. The first-order chi connectivity index (χ1) is 8.22. The zero-order chi connectivity index (χ0) is 15.1. The predicted molar refractivity (Wildman–Crippen MR) is 87.0 cm³/mol. The van der Waals surface area contributed by atoms with E-state index in [0.29, 0.717) is 0 Å². The van der Waals surface area contributed by atoms with E-state index < -0.39 is 43.5 Å². The van der Waals surface area contributed by atoms with Crippen LogP contribution in [0.4, 0.5) is 0 Å². The molecule has 0 aromatic heterocycles. The van der Waals surface area contributed by atoms with Crippen molar-refractivity contribution in [3.63, 3.8) is 0 Å². The zero-order valence-corrected chi connectivity index (χ0v) is 18.5. The van der Waals surface area contributed by atoms with Crippen molar-refractivity contribution in [3.8, 4) is 0 Å². The van der Waals surface area contributed by atoms with Gasteiger partial charge in [-0.3, -0.25) is 0 Å². The second-order valence-corrected chi connectivity index (χ2v) is 22.9. The monoisotopic (exact) mass is 355 g/mol. The average Bonchev–Trinajstić information content (AvgIpc) is 1.87. The molecule has 0 atom stereocenters. The molecule has 0 aliphatic carbocycles. The summed E-state index contributed by atoms with van der Waals surface area (Å²) in [7, 11) is -10.2. The maximum atomic E-state index is 6.26. The number of rotatable bonds is 0. The van der Waals surface area contributed by atoms with E-state index in [1.807, 2.05) is 6.55 Å². The summed E-state index contributed by atoms with van der Waals surface area (Å²) in [5, 5.41) is 0. The zero-order valence-electron chi connectivity index (χ0n) is 13.5. The second kappa shape index (κ2) is 5.59. The smallest absolute Gasteiger partial charge is 0.362 e. The lowest BCUT2D eigenvalue weighted by molar-refractivity contribution is 0.249. The number of hydrogen-bond acceptors (Lipinski definition) is 5. The van der Waals surface area contributed by atoms with E-state index in [2.05, 4.69) is 52.4 Å². The fourth-order valence-electron chi connectivity index (χ4n) is 2.57. The molecule has 0 spiro atoms. The van der Waals surface area contributed by atoms with E-state index in [9.17, 15) is 0 Å². The molecule has 1 saturated heterocycles. The van der Waals surface area contributed by atoms with Gasteiger partial charge in [0.1, 0.15) is 0 Å². The molecule has 19 heavy (non-hydrogen) atoms. The molecule has 1 radical (unpaired) electrons. The molecule has 1 fully saturated rings. The maximum absolute atomic E-state index is 6.26. The molecule has 0 aromatic rings. The van der Waals surface area contributed by atoms with Crippen LogP contribution >= 0.6 is 0 Å². The first-order valence-electron chi connectivity index (χ1n) is 6.54. The fraction of sp³-hybridized carbons (Fsp3) is 1.00. The fourth-order valence-corrected chi connectivity index (χ4v) is 25.0. The van der Waals surface area contributed by atoms with Gasteiger partial charge in [0.05, 0.1) is 0 Å². The van der Waals surface area contributed by atoms with Gasteiger partial charge in [-0.05, 0) is 58.9 Å². The van der Waals surface area contributed by atoms with Crippen LogP contribution in [0.2, 0.25) is 58.9 Å². The Morgan fingerprint density at radius 1 is 0.526 bits per heavy atom. The first-order valence-corrected chi connectivity index (χ1v) is 19.6. The maximum Gasteiger partial charge on any atom is 0.362 e. The molecule has 1 aliphatic heterocycles. The normalized spacial score (nSPS) is 30.8. The van der Waals surface area contributed by atoms with Gasteiger partial charge in [-0.15, -0.1) is 0 Å². The third kappa shape index (κ3) is 6.45. The third-order valence-corrected chi connectivity index (χ3v) is 20.3. The molecule has 1 rings (SSSR count). The molecular formula is C9H27O5Si5. The van der Waals surface area contributed by atoms with Crippen molar-refractivity contribution < 1.29 is 20.6 Å². The van der Waals surface area contributed by atoms with Gasteiger partial charge in [0, 0.05) is 0 Å². The topological polar surface area (TPSA) is 46.2 Å². The Labute approximate surface area is 123 Å². The van der Waals surface area contributed by atoms with Crippen LogP contribution in [0.5, 0.6) is 0 Å². The minimum absolute atomic E-state index is 1.34. The summed E-state index contributed by atoms with van der Waals surface area (Å²) >= 11 is 0. The van der Waals surface area contributed by atoms with Gasteiger partial charge in [-0.2, -0.15) is 0 Å². The molecule has 10 heteroatoms. The molecule has 1 aliphatic rings. The Morgan fingerprint density at radius 3 is 1.11 bits per heavy atom. The largest absolute Gasteiger partial charge is 0.416 e. The molecule has 0 unspecified atom stereocenters. The summed E-state index contributed by atoms with van der Waals surface area (Å²) in [5.41, 5.74) is 0. The lowest BCUT2D eigenvalue weighted by atomic mass is 11.9. The SMILES string of the molecule is C[Si]1O[Si](C)(C)O[Si](C)(C)O[Si](C)(C)O[Si](C)(C)O1. The Morgan fingerprint density at radius 2 is 0.789 bits per heavy atom. The molecule has 0 saturated carbocycles. The van der Waals surface area contributed by atoms with Crippen LogP contribution in [0.25, 0.3) is 0 Å². The number of hydrogen-bond donors (Lipinski definition) is 0. The van der Waals surface area contributed by atoms with Crippen molar-refractivity contribution in [2.75, 3.05) is 0 Å². The summed E-state index contributed by atoms with van der Waals surface area (Å²) in [5.74, 6) is 0. The van der Waals surface area contributed by atoms with Crippen LogP contribution in [0, 0.1) is 0 Å². The average molecular weight is 356 g/mol. The highest BCUT2D eigenvalue weighted by Crippen LogP contribution is 2.27. The molecule has 1 heterocycles. The molecular weight excluding hydrogens is 329 g/mol. The lowest BCUT2D eigenvalue weighted by Crippen LogP contribution is -2.61. The lowest BCUT2D eigenvalue weighted by Gasteiger charge is -2.43. The predicted octanol–water partition coefficient (Wildman–Crippen LogP) is 3.01. The van der Waals surface area contributed by atoms with E-state index in [4.69, 9.17) is 20.6 Å².